The molecule has 0 aromatic heterocycles. The van der Waals surface area contributed by atoms with Gasteiger partial charge in [-0.3, -0.25) is 9.80 Å². The average Bonchev–Trinajstić information content (AvgIpc) is 3.08. The Hall–Kier alpha value is -2.49. The summed E-state index contributed by atoms with van der Waals surface area (Å²) in [6.07, 6.45) is 0.152. The first kappa shape index (κ1) is 18.9. The third kappa shape index (κ3) is 4.01. The molecule has 0 amide bonds. The van der Waals surface area contributed by atoms with E-state index in [1.54, 1.807) is 12.1 Å². The minimum absolute atomic E-state index is 0.122. The Kier molecular flexibility index (Phi) is 5.56. The van der Waals surface area contributed by atoms with Gasteiger partial charge in [0.15, 0.2) is 0 Å². The van der Waals surface area contributed by atoms with Gasteiger partial charge >= 0.3 is 0 Å². The number of rotatable bonds is 5. The zero-order chi connectivity index (χ0) is 19.5. The van der Waals surface area contributed by atoms with Crippen LogP contribution in [0, 0.1) is 19.7 Å². The van der Waals surface area contributed by atoms with Crippen LogP contribution in [0.3, 0.4) is 0 Å². The van der Waals surface area contributed by atoms with Crippen molar-refractivity contribution in [3.05, 3.63) is 106 Å². The molecule has 3 heteroatoms. The Morgan fingerprint density at radius 3 is 2.11 bits per heavy atom. The summed E-state index contributed by atoms with van der Waals surface area (Å²) >= 11 is 0. The molecule has 0 unspecified atom stereocenters. The van der Waals surface area contributed by atoms with Crippen LogP contribution < -0.4 is 0 Å². The number of hydrogen-bond acceptors (Lipinski definition) is 2. The molecule has 1 aliphatic heterocycles. The van der Waals surface area contributed by atoms with Gasteiger partial charge in [-0.05, 0) is 36.6 Å². The Morgan fingerprint density at radius 1 is 0.786 bits per heavy atom. The normalized spacial score (nSPS) is 17.9. The molecule has 0 aliphatic carbocycles. The predicted octanol–water partition coefficient (Wildman–Crippen LogP) is 5.46. The lowest BCUT2D eigenvalue weighted by atomic mass is 10.1. The zero-order valence-corrected chi connectivity index (χ0v) is 16.6. The van der Waals surface area contributed by atoms with Crippen molar-refractivity contribution in [3.63, 3.8) is 0 Å². The van der Waals surface area contributed by atoms with Crippen LogP contribution in [-0.2, 0) is 13.1 Å². The van der Waals surface area contributed by atoms with Crippen molar-refractivity contribution < 1.29 is 4.39 Å². The summed E-state index contributed by atoms with van der Waals surface area (Å²) in [6.45, 7) is 7.73. The average molecular weight is 375 g/mol. The van der Waals surface area contributed by atoms with Crippen molar-refractivity contribution in [2.24, 2.45) is 0 Å². The Labute approximate surface area is 167 Å². The van der Waals surface area contributed by atoms with E-state index in [4.69, 9.17) is 0 Å². The number of nitrogens with zero attached hydrogens (tertiary/aromatic N) is 2. The third-order valence-corrected chi connectivity index (χ3v) is 5.67. The molecule has 0 spiro atoms. The molecule has 4 rings (SSSR count). The van der Waals surface area contributed by atoms with E-state index in [9.17, 15) is 4.39 Å². The minimum atomic E-state index is -0.122. The Bertz CT molecular complexity index is 897. The zero-order valence-electron chi connectivity index (χ0n) is 16.6. The molecule has 3 aromatic carbocycles. The molecular weight excluding hydrogens is 347 g/mol. The standard InChI is InChI=1S/C25H27FN2/c1-19-8-7-12-21(16-19)25-27(17-22-10-4-3-9-20(22)2)14-15-28(25)18-23-11-5-6-13-24(23)26/h3-13,16,25H,14-15,17-18H2,1-2H3/t25-/m0/s1. The van der Waals surface area contributed by atoms with Gasteiger partial charge in [-0.15, -0.1) is 0 Å². The summed E-state index contributed by atoms with van der Waals surface area (Å²) < 4.78 is 14.3. The van der Waals surface area contributed by atoms with Gasteiger partial charge in [0.2, 0.25) is 0 Å². The molecule has 0 saturated carbocycles. The predicted molar refractivity (Wildman–Crippen MR) is 112 cm³/mol. The molecule has 0 bridgehead atoms. The lowest BCUT2D eigenvalue weighted by Gasteiger charge is -2.31. The molecule has 144 valence electrons. The topological polar surface area (TPSA) is 6.48 Å². The fourth-order valence-corrected chi connectivity index (χ4v) is 4.17. The summed E-state index contributed by atoms with van der Waals surface area (Å²) in [6, 6.07) is 24.4. The molecule has 28 heavy (non-hydrogen) atoms. The van der Waals surface area contributed by atoms with Crippen molar-refractivity contribution in [2.45, 2.75) is 33.1 Å². The summed E-state index contributed by atoms with van der Waals surface area (Å²) in [5, 5.41) is 0. The number of benzene rings is 3. The fraction of sp³-hybridized carbons (Fsp3) is 0.280. The maximum Gasteiger partial charge on any atom is 0.127 e. The van der Waals surface area contributed by atoms with Gasteiger partial charge in [0.05, 0.1) is 6.17 Å². The van der Waals surface area contributed by atoms with Crippen LogP contribution in [0.1, 0.15) is 34.0 Å². The second-order valence-electron chi connectivity index (χ2n) is 7.75. The summed E-state index contributed by atoms with van der Waals surface area (Å²) in [5.41, 5.74) is 5.97. The van der Waals surface area contributed by atoms with Crippen molar-refractivity contribution in [2.75, 3.05) is 13.1 Å². The van der Waals surface area contributed by atoms with Crippen LogP contribution in [0.2, 0.25) is 0 Å². The smallest absolute Gasteiger partial charge is 0.127 e. The van der Waals surface area contributed by atoms with E-state index in [1.165, 1.54) is 22.3 Å². The second-order valence-corrected chi connectivity index (χ2v) is 7.75. The molecule has 1 fully saturated rings. The van der Waals surface area contributed by atoms with Crippen molar-refractivity contribution in [1.82, 2.24) is 9.80 Å². The molecule has 0 N–H and O–H groups in total. The van der Waals surface area contributed by atoms with Crippen molar-refractivity contribution in [3.8, 4) is 0 Å². The van der Waals surface area contributed by atoms with Gasteiger partial charge in [-0.1, -0.05) is 72.3 Å². The molecule has 1 saturated heterocycles. The van der Waals surface area contributed by atoms with E-state index in [1.807, 2.05) is 12.1 Å². The van der Waals surface area contributed by atoms with Gasteiger partial charge in [-0.2, -0.15) is 0 Å². The van der Waals surface area contributed by atoms with Crippen LogP contribution in [-0.4, -0.2) is 22.9 Å². The molecule has 0 radical (unpaired) electrons. The Morgan fingerprint density at radius 2 is 1.43 bits per heavy atom. The van der Waals surface area contributed by atoms with Crippen molar-refractivity contribution >= 4 is 0 Å². The molecule has 1 aliphatic rings. The van der Waals surface area contributed by atoms with Gasteiger partial charge < -0.3 is 0 Å². The van der Waals surface area contributed by atoms with E-state index in [0.717, 1.165) is 25.2 Å². The highest BCUT2D eigenvalue weighted by molar-refractivity contribution is 5.29. The highest BCUT2D eigenvalue weighted by Crippen LogP contribution is 2.33. The van der Waals surface area contributed by atoms with E-state index < -0.39 is 0 Å². The molecular formula is C25H27FN2. The van der Waals surface area contributed by atoms with Crippen molar-refractivity contribution in [1.29, 1.82) is 0 Å². The molecule has 3 aromatic rings. The number of halogens is 1. The van der Waals surface area contributed by atoms with Crippen LogP contribution in [0.4, 0.5) is 4.39 Å². The first-order valence-corrected chi connectivity index (χ1v) is 9.94. The molecule has 2 nitrogen and oxygen atoms in total. The summed E-state index contributed by atoms with van der Waals surface area (Å²) in [5.74, 6) is -0.122. The first-order chi connectivity index (χ1) is 13.6. The van der Waals surface area contributed by atoms with Gasteiger partial charge in [-0.25, -0.2) is 4.39 Å². The van der Waals surface area contributed by atoms with Gasteiger partial charge in [0, 0.05) is 31.7 Å². The van der Waals surface area contributed by atoms with Crippen LogP contribution >= 0.6 is 0 Å². The fourth-order valence-electron chi connectivity index (χ4n) is 4.17. The van der Waals surface area contributed by atoms with Crippen LogP contribution in [0.25, 0.3) is 0 Å². The third-order valence-electron chi connectivity index (χ3n) is 5.67. The number of aryl methyl sites for hydroxylation is 2. The first-order valence-electron chi connectivity index (χ1n) is 9.94. The largest absolute Gasteiger partial charge is 0.278 e. The maximum atomic E-state index is 14.3. The van der Waals surface area contributed by atoms with E-state index >= 15 is 0 Å². The summed E-state index contributed by atoms with van der Waals surface area (Å²) in [7, 11) is 0. The maximum absolute atomic E-state index is 14.3. The highest BCUT2D eigenvalue weighted by Gasteiger charge is 2.33. The summed E-state index contributed by atoms with van der Waals surface area (Å²) in [4.78, 5) is 4.91. The molecule has 1 heterocycles. The second kappa shape index (κ2) is 8.26. The Balaban J connectivity index is 1.65. The van der Waals surface area contributed by atoms with E-state index in [2.05, 4.69) is 72.2 Å². The van der Waals surface area contributed by atoms with Gasteiger partial charge in [0.25, 0.3) is 0 Å². The minimum Gasteiger partial charge on any atom is -0.278 e. The lowest BCUT2D eigenvalue weighted by molar-refractivity contribution is 0.124. The molecule has 1 atom stereocenters. The van der Waals surface area contributed by atoms with Crippen LogP contribution in [0.5, 0.6) is 0 Å². The van der Waals surface area contributed by atoms with E-state index in [-0.39, 0.29) is 12.0 Å². The van der Waals surface area contributed by atoms with Gasteiger partial charge in [0.1, 0.15) is 5.82 Å². The lowest BCUT2D eigenvalue weighted by Crippen LogP contribution is -2.31. The SMILES string of the molecule is Cc1cccc([C@H]2N(Cc3ccccc3C)CCN2Cc2ccccc2F)c1. The monoisotopic (exact) mass is 374 g/mol. The quantitative estimate of drug-likeness (QED) is 0.585. The van der Waals surface area contributed by atoms with Crippen LogP contribution in [0.15, 0.2) is 72.8 Å². The highest BCUT2D eigenvalue weighted by atomic mass is 19.1. The number of hydrogen-bond donors (Lipinski definition) is 0. The van der Waals surface area contributed by atoms with E-state index in [0.29, 0.717) is 6.54 Å².